The third-order valence-corrected chi connectivity index (χ3v) is 15.3. The molecular weight excluding hydrogens is 1010 g/mol. The third kappa shape index (κ3) is 67.1. The highest BCUT2D eigenvalue weighted by Gasteiger charge is 2.19. The van der Waals surface area contributed by atoms with Crippen LogP contribution in [0.5, 0.6) is 0 Å². The zero-order chi connectivity index (χ0) is 59.2. The second kappa shape index (κ2) is 69.8. The van der Waals surface area contributed by atoms with Gasteiger partial charge in [0.1, 0.15) is 13.2 Å². The minimum atomic E-state index is -0.815. The van der Waals surface area contributed by atoms with Crippen LogP contribution in [0.1, 0.15) is 348 Å². The van der Waals surface area contributed by atoms with Gasteiger partial charge in [0.2, 0.25) is 0 Å². The lowest BCUT2D eigenvalue weighted by Crippen LogP contribution is -2.30. The molecule has 0 aromatic carbocycles. The Morgan fingerprint density at radius 1 is 0.256 bits per heavy atom. The van der Waals surface area contributed by atoms with Crippen molar-refractivity contribution in [1.29, 1.82) is 0 Å². The quantitative estimate of drug-likeness (QED) is 0.0261. The van der Waals surface area contributed by atoms with Gasteiger partial charge in [-0.05, 0) is 116 Å². The number of hydrogen-bond acceptors (Lipinski definition) is 6. The van der Waals surface area contributed by atoms with Crippen LogP contribution in [0.15, 0.2) is 97.2 Å². The molecule has 82 heavy (non-hydrogen) atoms. The van der Waals surface area contributed by atoms with Crippen molar-refractivity contribution in [2.24, 2.45) is 0 Å². The van der Waals surface area contributed by atoms with E-state index in [0.29, 0.717) is 19.3 Å². The van der Waals surface area contributed by atoms with Gasteiger partial charge in [-0.2, -0.15) is 0 Å². The van der Waals surface area contributed by atoms with Crippen LogP contribution in [0.4, 0.5) is 0 Å². The Hall–Kier alpha value is -3.67. The highest BCUT2D eigenvalue weighted by Crippen LogP contribution is 2.17. The van der Waals surface area contributed by atoms with Gasteiger partial charge in [0, 0.05) is 19.3 Å². The molecule has 0 radical (unpaired) electrons. The summed E-state index contributed by atoms with van der Waals surface area (Å²) in [6, 6.07) is 0. The van der Waals surface area contributed by atoms with Crippen molar-refractivity contribution in [1.82, 2.24) is 0 Å². The second-order valence-corrected chi connectivity index (χ2v) is 23.4. The molecule has 0 spiro atoms. The molecule has 0 fully saturated rings. The SMILES string of the molecule is CC/C=C\C/C=C\C/C=C\C/C=C\C/C=C\CCCC(=O)OC(COC(=O)CCCCCCC/C=C\C/C=C\CCCCCC)COC(=O)CCCCCCCCCCCCCCCCCCCCC/C=C\CCCCCCCCCC. The van der Waals surface area contributed by atoms with Crippen LogP contribution in [0.3, 0.4) is 0 Å². The molecule has 0 aliphatic heterocycles. The molecular formula is C76H132O6. The van der Waals surface area contributed by atoms with Crippen molar-refractivity contribution in [3.63, 3.8) is 0 Å². The Morgan fingerprint density at radius 3 is 0.805 bits per heavy atom. The van der Waals surface area contributed by atoms with Crippen molar-refractivity contribution in [3.05, 3.63) is 97.2 Å². The number of allylic oxidation sites excluding steroid dienone is 16. The van der Waals surface area contributed by atoms with Gasteiger partial charge >= 0.3 is 17.9 Å². The van der Waals surface area contributed by atoms with Gasteiger partial charge in [0.15, 0.2) is 6.10 Å². The predicted molar refractivity (Wildman–Crippen MR) is 357 cm³/mol. The molecule has 0 saturated heterocycles. The van der Waals surface area contributed by atoms with Crippen LogP contribution in [0, 0.1) is 0 Å². The summed E-state index contributed by atoms with van der Waals surface area (Å²) in [5, 5.41) is 0. The van der Waals surface area contributed by atoms with Crippen molar-refractivity contribution in [2.45, 2.75) is 354 Å². The number of rotatable bonds is 64. The van der Waals surface area contributed by atoms with Crippen molar-refractivity contribution < 1.29 is 28.6 Å². The molecule has 0 aliphatic carbocycles. The Balaban J connectivity index is 4.27. The van der Waals surface area contributed by atoms with Crippen LogP contribution >= 0.6 is 0 Å². The molecule has 0 aromatic heterocycles. The Labute approximate surface area is 508 Å². The highest BCUT2D eigenvalue weighted by molar-refractivity contribution is 5.71. The molecule has 0 aromatic rings. The van der Waals surface area contributed by atoms with E-state index in [0.717, 1.165) is 103 Å². The molecule has 6 heteroatoms. The summed E-state index contributed by atoms with van der Waals surface area (Å²) in [6.07, 6.45) is 94.5. The third-order valence-electron chi connectivity index (χ3n) is 15.3. The van der Waals surface area contributed by atoms with E-state index < -0.39 is 6.10 Å². The lowest BCUT2D eigenvalue weighted by atomic mass is 10.0. The van der Waals surface area contributed by atoms with Crippen LogP contribution in [-0.2, 0) is 28.6 Å². The molecule has 1 unspecified atom stereocenters. The molecule has 0 bridgehead atoms. The first-order valence-electron chi connectivity index (χ1n) is 35.2. The van der Waals surface area contributed by atoms with Crippen molar-refractivity contribution in [3.8, 4) is 0 Å². The summed E-state index contributed by atoms with van der Waals surface area (Å²) in [5.41, 5.74) is 0. The lowest BCUT2D eigenvalue weighted by Gasteiger charge is -2.18. The predicted octanol–water partition coefficient (Wildman–Crippen LogP) is 24.4. The first-order valence-corrected chi connectivity index (χ1v) is 35.2. The molecule has 0 N–H and O–H groups in total. The van der Waals surface area contributed by atoms with E-state index in [1.54, 1.807) is 0 Å². The minimum absolute atomic E-state index is 0.103. The van der Waals surface area contributed by atoms with Gasteiger partial charge in [0.25, 0.3) is 0 Å². The molecule has 0 saturated carbocycles. The number of carbonyl (C=O) groups is 3. The summed E-state index contributed by atoms with van der Waals surface area (Å²) < 4.78 is 16.9. The zero-order valence-corrected chi connectivity index (χ0v) is 54.2. The van der Waals surface area contributed by atoms with Crippen LogP contribution in [0.2, 0.25) is 0 Å². The maximum atomic E-state index is 12.9. The Morgan fingerprint density at radius 2 is 0.488 bits per heavy atom. The highest BCUT2D eigenvalue weighted by atomic mass is 16.6. The van der Waals surface area contributed by atoms with E-state index >= 15 is 0 Å². The van der Waals surface area contributed by atoms with E-state index in [1.807, 2.05) is 0 Å². The molecule has 0 amide bonds. The zero-order valence-electron chi connectivity index (χ0n) is 54.2. The van der Waals surface area contributed by atoms with Crippen molar-refractivity contribution in [2.75, 3.05) is 13.2 Å². The molecule has 6 nitrogen and oxygen atoms in total. The number of ether oxygens (including phenoxy) is 3. The topological polar surface area (TPSA) is 78.9 Å². The van der Waals surface area contributed by atoms with E-state index in [1.165, 1.54) is 199 Å². The molecule has 472 valence electrons. The standard InChI is InChI=1S/C76H132O6/c1-4-7-10-13-16-19-22-25-28-31-32-33-34-35-36-37-38-39-40-41-42-43-44-46-48-51-54-57-60-63-66-69-75(78)81-72-73(71-80-74(77)68-65-62-59-56-53-50-47-30-27-24-21-18-15-12-9-6-3)82-76(79)70-67-64-61-58-55-52-49-45-29-26-23-20-17-14-11-8-5-2/h8,11,17,20-21,24,26,29-32,47,49,52,58,61,73H,4-7,9-10,12-16,18-19,22-23,25,27-28,33-46,48,50-51,53-57,59-60,62-72H2,1-3H3/b11-8-,20-17-,24-21-,29-26-,32-31-,47-30-,52-49-,61-58-. The van der Waals surface area contributed by atoms with E-state index in [2.05, 4.69) is 118 Å². The largest absolute Gasteiger partial charge is 0.462 e. The number of esters is 3. The van der Waals surface area contributed by atoms with Gasteiger partial charge in [0.05, 0.1) is 0 Å². The van der Waals surface area contributed by atoms with Crippen LogP contribution < -0.4 is 0 Å². The van der Waals surface area contributed by atoms with E-state index in [9.17, 15) is 14.4 Å². The fourth-order valence-corrected chi connectivity index (χ4v) is 10.0. The fourth-order valence-electron chi connectivity index (χ4n) is 10.0. The smallest absolute Gasteiger partial charge is 0.306 e. The summed E-state index contributed by atoms with van der Waals surface area (Å²) in [7, 11) is 0. The normalized spacial score (nSPS) is 12.7. The molecule has 0 rings (SSSR count). The lowest BCUT2D eigenvalue weighted by molar-refractivity contribution is -0.167. The molecule has 1 atom stereocenters. The summed E-state index contributed by atoms with van der Waals surface area (Å²) in [5.74, 6) is -0.963. The minimum Gasteiger partial charge on any atom is -0.462 e. The van der Waals surface area contributed by atoms with Gasteiger partial charge < -0.3 is 14.2 Å². The second-order valence-electron chi connectivity index (χ2n) is 23.4. The number of carbonyl (C=O) groups excluding carboxylic acids is 3. The molecule has 0 heterocycles. The summed E-state index contributed by atoms with van der Waals surface area (Å²) in [6.45, 7) is 6.49. The van der Waals surface area contributed by atoms with Crippen molar-refractivity contribution >= 4 is 17.9 Å². The Kier molecular flexibility index (Phi) is 66.7. The van der Waals surface area contributed by atoms with Gasteiger partial charge in [-0.15, -0.1) is 0 Å². The number of unbranched alkanes of at least 4 members (excludes halogenated alkanes) is 37. The average molecular weight is 1140 g/mol. The van der Waals surface area contributed by atoms with Gasteiger partial charge in [-0.3, -0.25) is 14.4 Å². The first kappa shape index (κ1) is 78.3. The maximum absolute atomic E-state index is 12.9. The summed E-state index contributed by atoms with van der Waals surface area (Å²) >= 11 is 0. The Bertz CT molecular complexity index is 1590. The fraction of sp³-hybridized carbons (Fsp3) is 0.750. The number of hydrogen-bond donors (Lipinski definition) is 0. The van der Waals surface area contributed by atoms with Gasteiger partial charge in [-0.25, -0.2) is 0 Å². The monoisotopic (exact) mass is 1140 g/mol. The average Bonchev–Trinajstić information content (AvgIpc) is 3.47. The molecule has 0 aliphatic rings. The van der Waals surface area contributed by atoms with Crippen LogP contribution in [0.25, 0.3) is 0 Å². The van der Waals surface area contributed by atoms with Crippen LogP contribution in [-0.4, -0.2) is 37.2 Å². The maximum Gasteiger partial charge on any atom is 0.306 e. The first-order chi connectivity index (χ1) is 40.5. The van der Waals surface area contributed by atoms with Gasteiger partial charge in [-0.1, -0.05) is 311 Å². The van der Waals surface area contributed by atoms with E-state index in [4.69, 9.17) is 14.2 Å². The van der Waals surface area contributed by atoms with E-state index in [-0.39, 0.29) is 37.5 Å². The summed E-state index contributed by atoms with van der Waals surface area (Å²) in [4.78, 5) is 38.4.